The minimum absolute atomic E-state index is 0.225. The van der Waals surface area contributed by atoms with Crippen molar-refractivity contribution in [3.8, 4) is 5.75 Å². The van der Waals surface area contributed by atoms with Crippen molar-refractivity contribution in [1.29, 1.82) is 0 Å². The molecule has 0 spiro atoms. The van der Waals surface area contributed by atoms with Crippen molar-refractivity contribution in [3.63, 3.8) is 0 Å². The molecule has 1 heterocycles. The fourth-order valence-electron chi connectivity index (χ4n) is 3.86. The Bertz CT molecular complexity index is 904. The van der Waals surface area contributed by atoms with E-state index < -0.39 is 0 Å². The first-order valence-corrected chi connectivity index (χ1v) is 10.1. The lowest BCUT2D eigenvalue weighted by atomic mass is 9.98. The fourth-order valence-corrected chi connectivity index (χ4v) is 3.86. The number of fused-ring (bicyclic) bond motifs is 1. The second-order valence-corrected chi connectivity index (χ2v) is 7.50. The lowest BCUT2D eigenvalue weighted by Gasteiger charge is -2.23. The average molecular weight is 378 g/mol. The van der Waals surface area contributed by atoms with E-state index in [2.05, 4.69) is 41.0 Å². The van der Waals surface area contributed by atoms with E-state index in [1.165, 1.54) is 41.3 Å². The standard InChI is InChI=1S/C24H27FN2O/c25-21-8-5-19(6-9-21)17-28-24-10-7-20-3-1-2-4-22(20)23(24)16-27-15-18-11-13-26-14-12-18/h1-10,18,26-27H,11-17H2. The topological polar surface area (TPSA) is 33.3 Å². The Kier molecular flexibility index (Phi) is 6.20. The molecular weight excluding hydrogens is 351 g/mol. The number of piperidine rings is 1. The van der Waals surface area contributed by atoms with Crippen molar-refractivity contribution >= 4 is 10.8 Å². The molecule has 0 amide bonds. The highest BCUT2D eigenvalue weighted by atomic mass is 19.1. The zero-order valence-electron chi connectivity index (χ0n) is 16.1. The van der Waals surface area contributed by atoms with E-state index in [0.717, 1.165) is 43.4 Å². The van der Waals surface area contributed by atoms with Gasteiger partial charge in [0.25, 0.3) is 0 Å². The predicted octanol–water partition coefficient (Wildman–Crippen LogP) is 4.65. The highest BCUT2D eigenvalue weighted by Gasteiger charge is 2.14. The zero-order valence-corrected chi connectivity index (χ0v) is 16.1. The molecule has 3 nitrogen and oxygen atoms in total. The molecule has 0 radical (unpaired) electrons. The third-order valence-corrected chi connectivity index (χ3v) is 5.50. The summed E-state index contributed by atoms with van der Waals surface area (Å²) >= 11 is 0. The smallest absolute Gasteiger partial charge is 0.124 e. The van der Waals surface area contributed by atoms with Crippen LogP contribution in [0, 0.1) is 11.7 Å². The summed E-state index contributed by atoms with van der Waals surface area (Å²) in [5, 5.41) is 9.51. The molecule has 1 aliphatic rings. The van der Waals surface area contributed by atoms with Crippen LogP contribution in [0.1, 0.15) is 24.0 Å². The van der Waals surface area contributed by atoms with Gasteiger partial charge in [-0.2, -0.15) is 0 Å². The maximum Gasteiger partial charge on any atom is 0.124 e. The molecule has 4 heteroatoms. The Morgan fingerprint density at radius 1 is 0.964 bits per heavy atom. The number of benzene rings is 3. The quantitative estimate of drug-likeness (QED) is 0.628. The number of hydrogen-bond donors (Lipinski definition) is 2. The number of ether oxygens (including phenoxy) is 1. The van der Waals surface area contributed by atoms with Gasteiger partial charge in [-0.3, -0.25) is 0 Å². The largest absolute Gasteiger partial charge is 0.489 e. The normalized spacial score (nSPS) is 15.0. The molecule has 0 aromatic heterocycles. The molecule has 1 fully saturated rings. The van der Waals surface area contributed by atoms with Crippen molar-refractivity contribution < 1.29 is 9.13 Å². The summed E-state index contributed by atoms with van der Waals surface area (Å²) in [6.45, 7) is 4.48. The van der Waals surface area contributed by atoms with Crippen LogP contribution < -0.4 is 15.4 Å². The van der Waals surface area contributed by atoms with E-state index in [9.17, 15) is 4.39 Å². The van der Waals surface area contributed by atoms with E-state index in [1.54, 1.807) is 12.1 Å². The number of hydrogen-bond acceptors (Lipinski definition) is 3. The minimum atomic E-state index is -0.225. The monoisotopic (exact) mass is 378 g/mol. The molecular formula is C24H27FN2O. The van der Waals surface area contributed by atoms with Crippen LogP contribution in [0.15, 0.2) is 60.7 Å². The Balaban J connectivity index is 1.49. The SMILES string of the molecule is Fc1ccc(COc2ccc3ccccc3c2CNCC2CCNCC2)cc1. The van der Waals surface area contributed by atoms with Gasteiger partial charge in [0.05, 0.1) is 0 Å². The summed E-state index contributed by atoms with van der Waals surface area (Å²) in [6, 6.07) is 19.1. The van der Waals surface area contributed by atoms with Crippen LogP contribution in [-0.2, 0) is 13.2 Å². The van der Waals surface area contributed by atoms with Crippen LogP contribution in [0.25, 0.3) is 10.8 Å². The van der Waals surface area contributed by atoms with Gasteiger partial charge in [-0.15, -0.1) is 0 Å². The Hall–Kier alpha value is -2.43. The van der Waals surface area contributed by atoms with Crippen LogP contribution in [-0.4, -0.2) is 19.6 Å². The highest BCUT2D eigenvalue weighted by molar-refractivity contribution is 5.87. The lowest BCUT2D eigenvalue weighted by Crippen LogP contribution is -2.33. The molecule has 0 aliphatic carbocycles. The molecule has 4 rings (SSSR count). The van der Waals surface area contributed by atoms with E-state index in [4.69, 9.17) is 4.74 Å². The molecule has 146 valence electrons. The molecule has 3 aromatic rings. The van der Waals surface area contributed by atoms with Gasteiger partial charge in [-0.05, 0) is 72.9 Å². The van der Waals surface area contributed by atoms with Gasteiger partial charge in [0.2, 0.25) is 0 Å². The van der Waals surface area contributed by atoms with E-state index in [-0.39, 0.29) is 5.82 Å². The van der Waals surface area contributed by atoms with Gasteiger partial charge >= 0.3 is 0 Å². The van der Waals surface area contributed by atoms with Crippen molar-refractivity contribution in [2.24, 2.45) is 5.92 Å². The van der Waals surface area contributed by atoms with Gasteiger partial charge in [-0.25, -0.2) is 4.39 Å². The summed E-state index contributed by atoms with van der Waals surface area (Å²) in [6.07, 6.45) is 2.47. The second kappa shape index (κ2) is 9.18. The molecule has 1 saturated heterocycles. The predicted molar refractivity (Wildman–Crippen MR) is 112 cm³/mol. The minimum Gasteiger partial charge on any atom is -0.489 e. The van der Waals surface area contributed by atoms with Crippen molar-refractivity contribution in [3.05, 3.63) is 77.6 Å². The number of halogens is 1. The molecule has 3 aromatic carbocycles. The van der Waals surface area contributed by atoms with Gasteiger partial charge < -0.3 is 15.4 Å². The van der Waals surface area contributed by atoms with Gasteiger partial charge in [0.15, 0.2) is 0 Å². The van der Waals surface area contributed by atoms with Gasteiger partial charge in [0, 0.05) is 12.1 Å². The lowest BCUT2D eigenvalue weighted by molar-refractivity contribution is 0.301. The van der Waals surface area contributed by atoms with Crippen LogP contribution >= 0.6 is 0 Å². The van der Waals surface area contributed by atoms with E-state index >= 15 is 0 Å². The van der Waals surface area contributed by atoms with Crippen LogP contribution in [0.4, 0.5) is 4.39 Å². The third-order valence-electron chi connectivity index (χ3n) is 5.50. The summed E-state index contributed by atoms with van der Waals surface area (Å²) in [7, 11) is 0. The van der Waals surface area contributed by atoms with Gasteiger partial charge in [0.1, 0.15) is 18.2 Å². The number of nitrogens with one attached hydrogen (secondary N) is 2. The Labute approximate surface area is 165 Å². The Morgan fingerprint density at radius 3 is 2.57 bits per heavy atom. The fraction of sp³-hybridized carbons (Fsp3) is 0.333. The summed E-state index contributed by atoms with van der Waals surface area (Å²) < 4.78 is 19.3. The Morgan fingerprint density at radius 2 is 1.75 bits per heavy atom. The first-order chi connectivity index (χ1) is 13.8. The molecule has 0 bridgehead atoms. The summed E-state index contributed by atoms with van der Waals surface area (Å²) in [5.41, 5.74) is 2.15. The maximum absolute atomic E-state index is 13.1. The highest BCUT2D eigenvalue weighted by Crippen LogP contribution is 2.29. The van der Waals surface area contributed by atoms with Crippen molar-refractivity contribution in [1.82, 2.24) is 10.6 Å². The summed E-state index contributed by atoms with van der Waals surface area (Å²) in [4.78, 5) is 0. The van der Waals surface area contributed by atoms with Gasteiger partial charge in [-0.1, -0.05) is 42.5 Å². The van der Waals surface area contributed by atoms with Crippen LogP contribution in [0.3, 0.4) is 0 Å². The molecule has 28 heavy (non-hydrogen) atoms. The average Bonchev–Trinajstić information content (AvgIpc) is 2.75. The summed E-state index contributed by atoms with van der Waals surface area (Å²) in [5.74, 6) is 1.40. The molecule has 0 saturated carbocycles. The third kappa shape index (κ3) is 4.70. The first-order valence-electron chi connectivity index (χ1n) is 10.1. The number of rotatable bonds is 7. The van der Waals surface area contributed by atoms with Crippen LogP contribution in [0.2, 0.25) is 0 Å². The van der Waals surface area contributed by atoms with E-state index in [0.29, 0.717) is 6.61 Å². The first kappa shape index (κ1) is 18.9. The van der Waals surface area contributed by atoms with E-state index in [1.807, 2.05) is 6.07 Å². The molecule has 2 N–H and O–H groups in total. The molecule has 1 aliphatic heterocycles. The maximum atomic E-state index is 13.1. The second-order valence-electron chi connectivity index (χ2n) is 7.50. The molecule has 0 unspecified atom stereocenters. The van der Waals surface area contributed by atoms with Crippen molar-refractivity contribution in [2.75, 3.05) is 19.6 Å². The molecule has 0 atom stereocenters. The van der Waals surface area contributed by atoms with Crippen LogP contribution in [0.5, 0.6) is 5.75 Å². The van der Waals surface area contributed by atoms with Crippen molar-refractivity contribution in [2.45, 2.75) is 26.0 Å². The zero-order chi connectivity index (χ0) is 19.2.